The van der Waals surface area contributed by atoms with E-state index in [1.54, 1.807) is 0 Å². The number of ether oxygens (including phenoxy) is 1. The average molecular weight is 526 g/mol. The maximum Gasteiger partial charge on any atom is 0.321 e. The van der Waals surface area contributed by atoms with Gasteiger partial charge in [0, 0.05) is 17.9 Å². The summed E-state index contributed by atoms with van der Waals surface area (Å²) in [6, 6.07) is 28.3. The summed E-state index contributed by atoms with van der Waals surface area (Å²) in [5, 5.41) is 13.5. The molecule has 1 saturated heterocycles. The van der Waals surface area contributed by atoms with Gasteiger partial charge in [-0.2, -0.15) is 0 Å². The highest BCUT2D eigenvalue weighted by molar-refractivity contribution is 5.82. The summed E-state index contributed by atoms with van der Waals surface area (Å²) in [6.07, 6.45) is 2.64. The molecule has 0 unspecified atom stereocenters. The summed E-state index contributed by atoms with van der Waals surface area (Å²) >= 11 is 0. The molecule has 1 aliphatic heterocycles. The normalized spacial score (nSPS) is 29.1. The van der Waals surface area contributed by atoms with Crippen LogP contribution < -0.4 is 5.32 Å². The SMILES string of the molecule is C[C@@H]1CC[C@@H](C(C)(C)c2ccccc2)[C@H](OC(=O)[C@@H]2[C@@H](c3ccccc3)[C@@H](C(=O)O)N[C@H]2c2ccccc2)C1. The Balaban J connectivity index is 1.51. The summed E-state index contributed by atoms with van der Waals surface area (Å²) in [5.74, 6) is -1.89. The molecule has 2 fully saturated rings. The molecule has 39 heavy (non-hydrogen) atoms. The molecule has 3 aromatic carbocycles. The number of benzene rings is 3. The lowest BCUT2D eigenvalue weighted by molar-refractivity contribution is -0.162. The van der Waals surface area contributed by atoms with E-state index >= 15 is 0 Å². The minimum atomic E-state index is -0.963. The Morgan fingerprint density at radius 2 is 1.41 bits per heavy atom. The summed E-state index contributed by atoms with van der Waals surface area (Å²) in [7, 11) is 0. The standard InChI is InChI=1S/C34H39NO4/c1-22-19-20-26(34(2,3)25-17-11-6-12-18-25)27(21-22)39-33(38)29-28(23-13-7-4-8-14-23)31(32(36)37)35-30(29)24-15-9-5-10-16-24/h4-18,22,26-31,35H,19-21H2,1-3H3,(H,36,37)/t22-,26-,27-,28-,29-,30+,31+/m1/s1. The molecule has 0 amide bonds. The first-order valence-electron chi connectivity index (χ1n) is 14.1. The fourth-order valence-electron chi connectivity index (χ4n) is 6.96. The minimum Gasteiger partial charge on any atom is -0.480 e. The van der Waals surface area contributed by atoms with Crippen molar-refractivity contribution in [2.45, 2.75) is 69.6 Å². The molecular weight excluding hydrogens is 486 g/mol. The molecule has 5 heteroatoms. The maximum absolute atomic E-state index is 14.3. The molecule has 0 spiro atoms. The van der Waals surface area contributed by atoms with E-state index in [9.17, 15) is 14.7 Å². The predicted molar refractivity (Wildman–Crippen MR) is 152 cm³/mol. The van der Waals surface area contributed by atoms with Gasteiger partial charge >= 0.3 is 11.9 Å². The predicted octanol–water partition coefficient (Wildman–Crippen LogP) is 6.51. The van der Waals surface area contributed by atoms with Gasteiger partial charge in [-0.1, -0.05) is 118 Å². The molecule has 0 bridgehead atoms. The van der Waals surface area contributed by atoms with Crippen LogP contribution >= 0.6 is 0 Å². The summed E-state index contributed by atoms with van der Waals surface area (Å²) in [6.45, 7) is 6.73. The van der Waals surface area contributed by atoms with E-state index < -0.39 is 29.9 Å². The van der Waals surface area contributed by atoms with Crippen LogP contribution in [0.5, 0.6) is 0 Å². The van der Waals surface area contributed by atoms with Crippen molar-refractivity contribution in [1.29, 1.82) is 0 Å². The van der Waals surface area contributed by atoms with E-state index in [4.69, 9.17) is 4.74 Å². The maximum atomic E-state index is 14.3. The Hall–Kier alpha value is -3.44. The van der Waals surface area contributed by atoms with Gasteiger partial charge in [0.05, 0.1) is 5.92 Å². The highest BCUT2D eigenvalue weighted by atomic mass is 16.5. The van der Waals surface area contributed by atoms with E-state index in [1.807, 2.05) is 66.7 Å². The smallest absolute Gasteiger partial charge is 0.321 e. The fraction of sp³-hybridized carbons (Fsp3) is 0.412. The first kappa shape index (κ1) is 27.1. The molecule has 0 radical (unpaired) electrons. The summed E-state index contributed by atoms with van der Waals surface area (Å²) in [5.41, 5.74) is 2.78. The van der Waals surface area contributed by atoms with Crippen LogP contribution in [0.15, 0.2) is 91.0 Å². The van der Waals surface area contributed by atoms with Crippen LogP contribution in [0.25, 0.3) is 0 Å². The molecule has 204 valence electrons. The van der Waals surface area contributed by atoms with Crippen LogP contribution in [-0.2, 0) is 19.7 Å². The largest absolute Gasteiger partial charge is 0.480 e. The van der Waals surface area contributed by atoms with Crippen LogP contribution in [-0.4, -0.2) is 29.2 Å². The lowest BCUT2D eigenvalue weighted by Crippen LogP contribution is -2.44. The first-order valence-corrected chi connectivity index (χ1v) is 14.1. The Morgan fingerprint density at radius 3 is 2.00 bits per heavy atom. The highest BCUT2D eigenvalue weighted by Gasteiger charge is 2.53. The zero-order valence-corrected chi connectivity index (χ0v) is 23.0. The quantitative estimate of drug-likeness (QED) is 0.344. The zero-order chi connectivity index (χ0) is 27.6. The number of carbonyl (C=O) groups excluding carboxylic acids is 1. The number of nitrogens with one attached hydrogen (secondary N) is 1. The summed E-state index contributed by atoms with van der Waals surface area (Å²) in [4.78, 5) is 26.8. The molecule has 7 atom stereocenters. The third-order valence-electron chi connectivity index (χ3n) is 9.11. The van der Waals surface area contributed by atoms with Crippen molar-refractivity contribution in [3.8, 4) is 0 Å². The van der Waals surface area contributed by atoms with Crippen LogP contribution in [0, 0.1) is 17.8 Å². The lowest BCUT2D eigenvalue weighted by Gasteiger charge is -2.44. The van der Waals surface area contributed by atoms with Gasteiger partial charge < -0.3 is 9.84 Å². The third-order valence-corrected chi connectivity index (χ3v) is 9.11. The van der Waals surface area contributed by atoms with Gasteiger partial charge in [0.15, 0.2) is 0 Å². The molecule has 1 saturated carbocycles. The Kier molecular flexibility index (Phi) is 7.90. The molecule has 5 rings (SSSR count). The van der Waals surface area contributed by atoms with Gasteiger partial charge in [-0.25, -0.2) is 0 Å². The van der Waals surface area contributed by atoms with Crippen LogP contribution in [0.3, 0.4) is 0 Å². The Morgan fingerprint density at radius 1 is 0.846 bits per heavy atom. The number of carboxylic acids is 1. The first-order chi connectivity index (χ1) is 18.8. The van der Waals surface area contributed by atoms with Crippen molar-refractivity contribution in [3.05, 3.63) is 108 Å². The molecule has 2 aliphatic rings. The van der Waals surface area contributed by atoms with Gasteiger partial charge in [0.1, 0.15) is 12.1 Å². The van der Waals surface area contributed by atoms with E-state index in [0.29, 0.717) is 5.92 Å². The van der Waals surface area contributed by atoms with Gasteiger partial charge in [0.25, 0.3) is 0 Å². The monoisotopic (exact) mass is 525 g/mol. The molecule has 1 heterocycles. The van der Waals surface area contributed by atoms with Crippen LogP contribution in [0.4, 0.5) is 0 Å². The summed E-state index contributed by atoms with van der Waals surface area (Å²) < 4.78 is 6.53. The molecule has 1 aliphatic carbocycles. The Bertz CT molecular complexity index is 1260. The second-order valence-corrected chi connectivity index (χ2v) is 11.9. The molecule has 3 aromatic rings. The molecule has 5 nitrogen and oxygen atoms in total. The van der Waals surface area contributed by atoms with Crippen LogP contribution in [0.2, 0.25) is 0 Å². The van der Waals surface area contributed by atoms with Crippen molar-refractivity contribution < 1.29 is 19.4 Å². The van der Waals surface area contributed by atoms with Crippen molar-refractivity contribution in [3.63, 3.8) is 0 Å². The lowest BCUT2D eigenvalue weighted by atomic mass is 9.64. The van der Waals surface area contributed by atoms with E-state index in [1.165, 1.54) is 5.56 Å². The number of aliphatic carboxylic acids is 1. The fourth-order valence-corrected chi connectivity index (χ4v) is 6.96. The number of hydrogen-bond acceptors (Lipinski definition) is 4. The zero-order valence-electron chi connectivity index (χ0n) is 23.0. The van der Waals surface area contributed by atoms with Gasteiger partial charge in [0.2, 0.25) is 0 Å². The van der Waals surface area contributed by atoms with E-state index in [2.05, 4.69) is 50.4 Å². The third kappa shape index (κ3) is 5.51. The molecule has 2 N–H and O–H groups in total. The second kappa shape index (κ2) is 11.4. The molecule has 0 aromatic heterocycles. The average Bonchev–Trinajstić information content (AvgIpc) is 3.36. The number of carboxylic acid groups (broad SMARTS) is 1. The van der Waals surface area contributed by atoms with E-state index in [-0.39, 0.29) is 23.4 Å². The topological polar surface area (TPSA) is 75.6 Å². The van der Waals surface area contributed by atoms with Gasteiger partial charge in [-0.3, -0.25) is 14.9 Å². The van der Waals surface area contributed by atoms with Gasteiger partial charge in [-0.15, -0.1) is 0 Å². The minimum absolute atomic E-state index is 0.162. The van der Waals surface area contributed by atoms with Crippen molar-refractivity contribution >= 4 is 11.9 Å². The van der Waals surface area contributed by atoms with Crippen LogP contribution in [0.1, 0.15) is 68.7 Å². The highest BCUT2D eigenvalue weighted by Crippen LogP contribution is 2.47. The van der Waals surface area contributed by atoms with Crippen molar-refractivity contribution in [2.75, 3.05) is 0 Å². The van der Waals surface area contributed by atoms with Crippen molar-refractivity contribution in [2.24, 2.45) is 17.8 Å². The second-order valence-electron chi connectivity index (χ2n) is 11.9. The van der Waals surface area contributed by atoms with Gasteiger partial charge in [-0.05, 0) is 40.9 Å². The number of carbonyl (C=O) groups is 2. The number of hydrogen-bond donors (Lipinski definition) is 2. The van der Waals surface area contributed by atoms with E-state index in [0.717, 1.165) is 30.4 Å². The molecular formula is C34H39NO4. The Labute approximate surface area is 231 Å². The van der Waals surface area contributed by atoms with Crippen molar-refractivity contribution in [1.82, 2.24) is 5.32 Å². The number of esters is 1. The number of rotatable bonds is 7.